The zero-order valence-corrected chi connectivity index (χ0v) is 15.8. The maximum absolute atomic E-state index is 12.5. The summed E-state index contributed by atoms with van der Waals surface area (Å²) in [7, 11) is 0. The molecular formula is C20H25N3O2S. The van der Waals surface area contributed by atoms with E-state index in [4.69, 9.17) is 0 Å². The van der Waals surface area contributed by atoms with Gasteiger partial charge in [-0.2, -0.15) is 0 Å². The summed E-state index contributed by atoms with van der Waals surface area (Å²) in [6.45, 7) is 4.61. The molecule has 0 aliphatic carbocycles. The molecule has 26 heavy (non-hydrogen) atoms. The highest BCUT2D eigenvalue weighted by atomic mass is 32.1. The Labute approximate surface area is 158 Å². The molecule has 0 unspecified atom stereocenters. The number of urea groups is 1. The van der Waals surface area contributed by atoms with Crippen LogP contribution in [0.4, 0.5) is 4.79 Å². The van der Waals surface area contributed by atoms with Gasteiger partial charge in [0.05, 0.1) is 6.54 Å². The second-order valence-electron chi connectivity index (χ2n) is 6.51. The standard InChI is InChI=1S/C20H25N3O2S/c1-2-21-20(25)23-10-4-8-17(14-23)15-6-3-7-16(12-15)19(24)22-13-18-9-5-11-26-18/h3,5-7,9,11-12,17H,2,4,8,10,13-14H2,1H3,(H,21,25)(H,22,24)/t17-/m0/s1. The molecule has 3 amide bonds. The SMILES string of the molecule is CCNC(=O)N1CCC[C@H](c2cccc(C(=O)NCc3cccs3)c2)C1. The van der Waals surface area contributed by atoms with E-state index in [0.717, 1.165) is 29.8 Å². The van der Waals surface area contributed by atoms with Crippen LogP contribution in [0.5, 0.6) is 0 Å². The van der Waals surface area contributed by atoms with Crippen molar-refractivity contribution in [3.05, 3.63) is 57.8 Å². The lowest BCUT2D eigenvalue weighted by Crippen LogP contribution is -2.44. The average Bonchev–Trinajstić information content (AvgIpc) is 3.20. The molecule has 1 atom stereocenters. The largest absolute Gasteiger partial charge is 0.347 e. The summed E-state index contributed by atoms with van der Waals surface area (Å²) in [5, 5.41) is 7.85. The Morgan fingerprint density at radius 2 is 2.12 bits per heavy atom. The summed E-state index contributed by atoms with van der Waals surface area (Å²) >= 11 is 1.63. The summed E-state index contributed by atoms with van der Waals surface area (Å²) in [6.07, 6.45) is 2.02. The van der Waals surface area contributed by atoms with Gasteiger partial charge in [-0.15, -0.1) is 11.3 Å². The van der Waals surface area contributed by atoms with Crippen LogP contribution in [0.3, 0.4) is 0 Å². The van der Waals surface area contributed by atoms with E-state index in [1.165, 1.54) is 0 Å². The van der Waals surface area contributed by atoms with Crippen LogP contribution in [0.2, 0.25) is 0 Å². The Bertz CT molecular complexity index is 745. The fourth-order valence-electron chi connectivity index (χ4n) is 3.31. The van der Waals surface area contributed by atoms with Crippen molar-refractivity contribution in [3.8, 4) is 0 Å². The van der Waals surface area contributed by atoms with E-state index in [9.17, 15) is 9.59 Å². The van der Waals surface area contributed by atoms with Crippen LogP contribution < -0.4 is 10.6 Å². The number of benzene rings is 1. The number of hydrogen-bond acceptors (Lipinski definition) is 3. The molecule has 2 heterocycles. The molecule has 1 fully saturated rings. The maximum atomic E-state index is 12.5. The topological polar surface area (TPSA) is 61.4 Å². The van der Waals surface area contributed by atoms with Crippen LogP contribution in [0.25, 0.3) is 0 Å². The predicted octanol–water partition coefficient (Wildman–Crippen LogP) is 3.59. The summed E-state index contributed by atoms with van der Waals surface area (Å²) in [4.78, 5) is 27.6. The van der Waals surface area contributed by atoms with Gasteiger partial charge in [-0.25, -0.2) is 4.79 Å². The zero-order chi connectivity index (χ0) is 18.4. The number of amides is 3. The van der Waals surface area contributed by atoms with E-state index >= 15 is 0 Å². The zero-order valence-electron chi connectivity index (χ0n) is 15.0. The van der Waals surface area contributed by atoms with Gasteiger partial charge in [-0.1, -0.05) is 18.2 Å². The summed E-state index contributed by atoms with van der Waals surface area (Å²) in [5.74, 6) is 0.216. The first kappa shape index (κ1) is 18.5. The number of likely N-dealkylation sites (tertiary alicyclic amines) is 1. The second kappa shape index (κ2) is 8.85. The van der Waals surface area contributed by atoms with Crippen molar-refractivity contribution in [3.63, 3.8) is 0 Å². The Balaban J connectivity index is 1.64. The van der Waals surface area contributed by atoms with E-state index in [0.29, 0.717) is 25.2 Å². The normalized spacial score (nSPS) is 17.0. The minimum absolute atomic E-state index is 0.00189. The lowest BCUT2D eigenvalue weighted by Gasteiger charge is -2.33. The van der Waals surface area contributed by atoms with Crippen molar-refractivity contribution < 1.29 is 9.59 Å². The third kappa shape index (κ3) is 4.64. The van der Waals surface area contributed by atoms with Crippen LogP contribution in [-0.2, 0) is 6.54 Å². The highest BCUT2D eigenvalue weighted by molar-refractivity contribution is 7.09. The van der Waals surface area contributed by atoms with E-state index < -0.39 is 0 Å². The molecular weight excluding hydrogens is 346 g/mol. The van der Waals surface area contributed by atoms with Crippen LogP contribution in [0.1, 0.15) is 46.5 Å². The minimum atomic E-state index is -0.0587. The average molecular weight is 372 g/mol. The van der Waals surface area contributed by atoms with E-state index in [-0.39, 0.29) is 17.9 Å². The Morgan fingerprint density at radius 3 is 2.88 bits per heavy atom. The number of hydrogen-bond donors (Lipinski definition) is 2. The second-order valence-corrected chi connectivity index (χ2v) is 7.54. The number of carbonyl (C=O) groups excluding carboxylic acids is 2. The molecule has 2 N–H and O–H groups in total. The first-order chi connectivity index (χ1) is 12.7. The molecule has 0 spiro atoms. The Hall–Kier alpha value is -2.34. The molecule has 1 aliphatic rings. The van der Waals surface area contributed by atoms with Crippen LogP contribution >= 0.6 is 11.3 Å². The number of piperidine rings is 1. The van der Waals surface area contributed by atoms with Gasteiger partial charge in [-0.05, 0) is 48.9 Å². The quantitative estimate of drug-likeness (QED) is 0.844. The Kier molecular flexibility index (Phi) is 6.28. The summed E-state index contributed by atoms with van der Waals surface area (Å²) in [5.41, 5.74) is 1.80. The van der Waals surface area contributed by atoms with E-state index in [1.54, 1.807) is 11.3 Å². The lowest BCUT2D eigenvalue weighted by atomic mass is 9.89. The molecule has 0 saturated carbocycles. The van der Waals surface area contributed by atoms with Crippen molar-refractivity contribution >= 4 is 23.3 Å². The first-order valence-corrected chi connectivity index (χ1v) is 9.98. The van der Waals surface area contributed by atoms with Gasteiger partial charge in [0.15, 0.2) is 0 Å². The lowest BCUT2D eigenvalue weighted by molar-refractivity contribution is 0.0951. The number of nitrogens with zero attached hydrogens (tertiary/aromatic N) is 1. The number of nitrogens with one attached hydrogen (secondary N) is 2. The van der Waals surface area contributed by atoms with Crippen LogP contribution in [0, 0.1) is 0 Å². The fourth-order valence-corrected chi connectivity index (χ4v) is 3.96. The molecule has 0 bridgehead atoms. The third-order valence-corrected chi connectivity index (χ3v) is 5.54. The van der Waals surface area contributed by atoms with Gasteiger partial charge in [0.1, 0.15) is 0 Å². The number of rotatable bonds is 5. The summed E-state index contributed by atoms with van der Waals surface area (Å²) < 4.78 is 0. The summed E-state index contributed by atoms with van der Waals surface area (Å²) in [6, 6.07) is 11.8. The van der Waals surface area contributed by atoms with E-state index in [2.05, 4.69) is 16.7 Å². The minimum Gasteiger partial charge on any atom is -0.347 e. The van der Waals surface area contributed by atoms with Crippen molar-refractivity contribution in [1.82, 2.24) is 15.5 Å². The van der Waals surface area contributed by atoms with Gasteiger partial charge in [0.2, 0.25) is 0 Å². The van der Waals surface area contributed by atoms with Gasteiger partial charge in [0.25, 0.3) is 5.91 Å². The van der Waals surface area contributed by atoms with Crippen molar-refractivity contribution in [2.45, 2.75) is 32.2 Å². The molecule has 1 aromatic carbocycles. The van der Waals surface area contributed by atoms with Crippen LogP contribution in [0.15, 0.2) is 41.8 Å². The fraction of sp³-hybridized carbons (Fsp3) is 0.400. The van der Waals surface area contributed by atoms with Crippen LogP contribution in [-0.4, -0.2) is 36.5 Å². The first-order valence-electron chi connectivity index (χ1n) is 9.10. The molecule has 3 rings (SSSR count). The number of thiophene rings is 1. The molecule has 0 radical (unpaired) electrons. The van der Waals surface area contributed by atoms with Crippen molar-refractivity contribution in [2.75, 3.05) is 19.6 Å². The molecule has 2 aromatic rings. The van der Waals surface area contributed by atoms with Gasteiger partial charge in [-0.3, -0.25) is 4.79 Å². The van der Waals surface area contributed by atoms with Gasteiger partial charge >= 0.3 is 6.03 Å². The number of carbonyl (C=O) groups is 2. The highest BCUT2D eigenvalue weighted by Gasteiger charge is 2.24. The van der Waals surface area contributed by atoms with Crippen molar-refractivity contribution in [1.29, 1.82) is 0 Å². The molecule has 6 heteroatoms. The monoisotopic (exact) mass is 371 g/mol. The molecule has 138 valence electrons. The Morgan fingerprint density at radius 1 is 1.23 bits per heavy atom. The van der Waals surface area contributed by atoms with Gasteiger partial charge < -0.3 is 15.5 Å². The molecule has 1 aromatic heterocycles. The molecule has 1 saturated heterocycles. The van der Waals surface area contributed by atoms with Crippen molar-refractivity contribution in [2.24, 2.45) is 0 Å². The smallest absolute Gasteiger partial charge is 0.317 e. The third-order valence-electron chi connectivity index (χ3n) is 4.66. The predicted molar refractivity (Wildman–Crippen MR) is 105 cm³/mol. The highest BCUT2D eigenvalue weighted by Crippen LogP contribution is 2.27. The molecule has 1 aliphatic heterocycles. The molecule has 5 nitrogen and oxygen atoms in total. The maximum Gasteiger partial charge on any atom is 0.317 e. The van der Waals surface area contributed by atoms with E-state index in [1.807, 2.05) is 47.5 Å². The van der Waals surface area contributed by atoms with Gasteiger partial charge in [0, 0.05) is 36.0 Å².